The van der Waals surface area contributed by atoms with Crippen LogP contribution in [0.3, 0.4) is 0 Å². The molecule has 6 heteroatoms. The smallest absolute Gasteiger partial charge is 0.335 e. The molecule has 0 saturated carbocycles. The van der Waals surface area contributed by atoms with Crippen LogP contribution in [0.15, 0.2) is 47.4 Å². The molecule has 25 heavy (non-hydrogen) atoms. The zero-order valence-electron chi connectivity index (χ0n) is 14.4. The summed E-state index contributed by atoms with van der Waals surface area (Å²) in [6, 6.07) is 12.2. The number of hydrogen-bond donors (Lipinski definition) is 1. The number of hydrogen-bond acceptors (Lipinski definition) is 5. The minimum Gasteiger partial charge on any atom is -0.494 e. The van der Waals surface area contributed by atoms with Gasteiger partial charge >= 0.3 is 5.97 Å². The summed E-state index contributed by atoms with van der Waals surface area (Å²) in [5, 5.41) is 8.88. The zero-order valence-corrected chi connectivity index (χ0v) is 15.2. The molecule has 0 atom stereocenters. The molecule has 0 aliphatic rings. The van der Waals surface area contributed by atoms with Crippen LogP contribution in [-0.2, 0) is 0 Å². The topological polar surface area (TPSA) is 65.0 Å². The first-order valence-electron chi connectivity index (χ1n) is 8.12. The number of aromatic carboxylic acids is 1. The van der Waals surface area contributed by atoms with Crippen molar-refractivity contribution in [1.82, 2.24) is 0 Å². The first kappa shape index (κ1) is 19.0. The first-order chi connectivity index (χ1) is 12.1. The van der Waals surface area contributed by atoms with Gasteiger partial charge in [0.15, 0.2) is 0 Å². The van der Waals surface area contributed by atoms with Crippen LogP contribution in [0.1, 0.15) is 24.2 Å². The van der Waals surface area contributed by atoms with Gasteiger partial charge in [0.25, 0.3) is 0 Å². The van der Waals surface area contributed by atoms with E-state index in [2.05, 4.69) is 0 Å². The Labute approximate surface area is 151 Å². The van der Waals surface area contributed by atoms with Gasteiger partial charge in [-0.2, -0.15) is 0 Å². The van der Waals surface area contributed by atoms with Crippen molar-refractivity contribution in [2.75, 3.05) is 25.6 Å². The van der Waals surface area contributed by atoms with E-state index in [0.717, 1.165) is 22.1 Å². The molecule has 0 aliphatic heterocycles. The summed E-state index contributed by atoms with van der Waals surface area (Å²) in [5.74, 6) is 2.09. The molecule has 0 fully saturated rings. The van der Waals surface area contributed by atoms with Crippen molar-refractivity contribution in [1.29, 1.82) is 0 Å². The lowest BCUT2D eigenvalue weighted by molar-refractivity contribution is 0.0697. The average molecular weight is 362 g/mol. The highest BCUT2D eigenvalue weighted by molar-refractivity contribution is 7.99. The second kappa shape index (κ2) is 9.84. The van der Waals surface area contributed by atoms with E-state index in [1.807, 2.05) is 32.0 Å². The molecular formula is C19H22O5S. The summed E-state index contributed by atoms with van der Waals surface area (Å²) in [5.41, 5.74) is 0.246. The third kappa shape index (κ3) is 5.90. The Morgan fingerprint density at radius 1 is 0.960 bits per heavy atom. The second-order valence-electron chi connectivity index (χ2n) is 5.00. The standard InChI is InChI=1S/C19H22O5S/c1-3-22-16-9-10-17(23-4-2)18(13-16)25-12-11-24-15-7-5-14(6-8-15)19(20)21/h5-10,13H,3-4,11-12H2,1-2H3,(H,20,21). The molecule has 5 nitrogen and oxygen atoms in total. The van der Waals surface area contributed by atoms with Crippen molar-refractivity contribution in [2.45, 2.75) is 18.7 Å². The van der Waals surface area contributed by atoms with Gasteiger partial charge < -0.3 is 19.3 Å². The molecule has 0 aliphatic carbocycles. The fraction of sp³-hybridized carbons (Fsp3) is 0.316. The van der Waals surface area contributed by atoms with Gasteiger partial charge in [-0.1, -0.05) is 0 Å². The van der Waals surface area contributed by atoms with Crippen molar-refractivity contribution >= 4 is 17.7 Å². The predicted octanol–water partition coefficient (Wildman–Crippen LogP) is 4.35. The van der Waals surface area contributed by atoms with E-state index < -0.39 is 5.97 Å². The number of rotatable bonds is 10. The van der Waals surface area contributed by atoms with Gasteiger partial charge in [-0.15, -0.1) is 11.8 Å². The lowest BCUT2D eigenvalue weighted by Gasteiger charge is -2.12. The Hall–Kier alpha value is -2.34. The summed E-state index contributed by atoms with van der Waals surface area (Å²) < 4.78 is 16.8. The van der Waals surface area contributed by atoms with E-state index in [-0.39, 0.29) is 5.56 Å². The highest BCUT2D eigenvalue weighted by Crippen LogP contribution is 2.33. The normalized spacial score (nSPS) is 10.3. The van der Waals surface area contributed by atoms with Gasteiger partial charge in [0, 0.05) is 5.75 Å². The molecule has 2 aromatic carbocycles. The van der Waals surface area contributed by atoms with Gasteiger partial charge in [-0.3, -0.25) is 0 Å². The van der Waals surface area contributed by atoms with Crippen molar-refractivity contribution in [3.63, 3.8) is 0 Å². The van der Waals surface area contributed by atoms with Crippen LogP contribution in [-0.4, -0.2) is 36.6 Å². The third-order valence-electron chi connectivity index (χ3n) is 3.24. The first-order valence-corrected chi connectivity index (χ1v) is 9.11. The van der Waals surface area contributed by atoms with Crippen molar-refractivity contribution in [2.24, 2.45) is 0 Å². The Kier molecular flexibility index (Phi) is 7.47. The minimum atomic E-state index is -0.945. The van der Waals surface area contributed by atoms with Crippen LogP contribution in [0, 0.1) is 0 Å². The Bertz CT molecular complexity index is 685. The van der Waals surface area contributed by atoms with Crippen LogP contribution < -0.4 is 14.2 Å². The van der Waals surface area contributed by atoms with Crippen LogP contribution in [0.25, 0.3) is 0 Å². The molecule has 0 spiro atoms. The SMILES string of the molecule is CCOc1ccc(OCC)c(SCCOc2ccc(C(=O)O)cc2)c1. The Morgan fingerprint density at radius 2 is 1.64 bits per heavy atom. The second-order valence-corrected chi connectivity index (χ2v) is 6.14. The number of carboxylic acids is 1. The number of thioether (sulfide) groups is 1. The summed E-state index contributed by atoms with van der Waals surface area (Å²) in [6.45, 7) is 5.63. The molecule has 0 heterocycles. The molecule has 0 aromatic heterocycles. The van der Waals surface area contributed by atoms with Gasteiger partial charge in [-0.05, 0) is 56.3 Å². The summed E-state index contributed by atoms with van der Waals surface area (Å²) >= 11 is 1.63. The maximum absolute atomic E-state index is 10.8. The maximum Gasteiger partial charge on any atom is 0.335 e. The molecule has 0 unspecified atom stereocenters. The zero-order chi connectivity index (χ0) is 18.1. The van der Waals surface area contributed by atoms with E-state index in [1.54, 1.807) is 23.9 Å². The summed E-state index contributed by atoms with van der Waals surface area (Å²) in [4.78, 5) is 11.8. The van der Waals surface area contributed by atoms with E-state index >= 15 is 0 Å². The quantitative estimate of drug-likeness (QED) is 0.501. The molecule has 2 aromatic rings. The van der Waals surface area contributed by atoms with E-state index in [1.165, 1.54) is 12.1 Å². The largest absolute Gasteiger partial charge is 0.494 e. The molecular weight excluding hydrogens is 340 g/mol. The molecule has 0 bridgehead atoms. The van der Waals surface area contributed by atoms with Gasteiger partial charge in [-0.25, -0.2) is 4.79 Å². The maximum atomic E-state index is 10.8. The van der Waals surface area contributed by atoms with Crippen molar-refractivity contribution in [3.05, 3.63) is 48.0 Å². The summed E-state index contributed by atoms with van der Waals surface area (Å²) in [6.07, 6.45) is 0. The third-order valence-corrected chi connectivity index (χ3v) is 4.24. The molecule has 134 valence electrons. The number of benzene rings is 2. The molecule has 1 N–H and O–H groups in total. The molecule has 2 rings (SSSR count). The number of ether oxygens (including phenoxy) is 3. The van der Waals surface area contributed by atoms with E-state index in [0.29, 0.717) is 25.6 Å². The number of carbonyl (C=O) groups is 1. The Balaban J connectivity index is 1.89. The van der Waals surface area contributed by atoms with Crippen LogP contribution in [0.4, 0.5) is 0 Å². The van der Waals surface area contributed by atoms with E-state index in [9.17, 15) is 4.79 Å². The lowest BCUT2D eigenvalue weighted by atomic mass is 10.2. The minimum absolute atomic E-state index is 0.246. The molecule has 0 saturated heterocycles. The van der Waals surface area contributed by atoms with Crippen molar-refractivity contribution in [3.8, 4) is 17.2 Å². The van der Waals surface area contributed by atoms with Gasteiger partial charge in [0.05, 0.1) is 30.3 Å². The highest BCUT2D eigenvalue weighted by Gasteiger charge is 2.07. The fourth-order valence-corrected chi connectivity index (χ4v) is 2.99. The number of carboxylic acid groups (broad SMARTS) is 1. The predicted molar refractivity (Wildman–Crippen MR) is 98.4 cm³/mol. The lowest BCUT2D eigenvalue weighted by Crippen LogP contribution is -2.02. The van der Waals surface area contributed by atoms with Crippen LogP contribution in [0.2, 0.25) is 0 Å². The summed E-state index contributed by atoms with van der Waals surface area (Å²) in [7, 11) is 0. The highest BCUT2D eigenvalue weighted by atomic mass is 32.2. The molecule has 0 amide bonds. The fourth-order valence-electron chi connectivity index (χ4n) is 2.14. The molecule has 0 radical (unpaired) electrons. The van der Waals surface area contributed by atoms with Crippen molar-refractivity contribution < 1.29 is 24.1 Å². The van der Waals surface area contributed by atoms with Gasteiger partial charge in [0.1, 0.15) is 17.2 Å². The monoisotopic (exact) mass is 362 g/mol. The average Bonchev–Trinajstić information content (AvgIpc) is 2.61. The Morgan fingerprint density at radius 3 is 2.28 bits per heavy atom. The van der Waals surface area contributed by atoms with Gasteiger partial charge in [0.2, 0.25) is 0 Å². The van der Waals surface area contributed by atoms with Crippen LogP contribution >= 0.6 is 11.8 Å². The van der Waals surface area contributed by atoms with Crippen LogP contribution in [0.5, 0.6) is 17.2 Å². The van der Waals surface area contributed by atoms with E-state index in [4.69, 9.17) is 19.3 Å².